The summed E-state index contributed by atoms with van der Waals surface area (Å²) in [6.07, 6.45) is 0. The lowest BCUT2D eigenvalue weighted by atomic mass is 9.99. The van der Waals surface area contributed by atoms with E-state index in [1.165, 1.54) is 48.4 Å². The number of ether oxygens (including phenoxy) is 3. The molecule has 0 amide bonds. The second-order valence-corrected chi connectivity index (χ2v) is 6.62. The first-order valence-electron chi connectivity index (χ1n) is 8.72. The maximum Gasteiger partial charge on any atom is 0.355 e. The van der Waals surface area contributed by atoms with Crippen LogP contribution in [-0.2, 0) is 23.8 Å². The van der Waals surface area contributed by atoms with E-state index in [9.17, 15) is 18.8 Å². The lowest BCUT2D eigenvalue weighted by molar-refractivity contribution is -0.140. The Hall–Kier alpha value is -3.23. The monoisotopic (exact) mass is 433 g/mol. The molecule has 0 spiro atoms. The highest BCUT2D eigenvalue weighted by Gasteiger charge is 2.34. The average molecular weight is 434 g/mol. The third kappa shape index (κ3) is 4.05. The first-order valence-corrected chi connectivity index (χ1v) is 9.10. The van der Waals surface area contributed by atoms with E-state index in [1.54, 1.807) is 0 Å². The van der Waals surface area contributed by atoms with Crippen LogP contribution in [0.15, 0.2) is 53.7 Å². The fraction of sp³-hybridized carbons (Fsp3) is 0.190. The van der Waals surface area contributed by atoms with Crippen molar-refractivity contribution in [2.24, 2.45) is 0 Å². The third-order valence-electron chi connectivity index (χ3n) is 4.45. The molecule has 7 nitrogen and oxygen atoms in total. The number of methoxy groups -OCH3 is 2. The molecule has 2 aromatic rings. The van der Waals surface area contributed by atoms with Crippen LogP contribution in [0.1, 0.15) is 15.9 Å². The van der Waals surface area contributed by atoms with Gasteiger partial charge < -0.3 is 19.1 Å². The SMILES string of the molecule is COC(=O)C1=C(C(=O)OC)N(c2ccc(Cl)cc2C(=O)c2ccccc2F)COC1. The molecule has 156 valence electrons. The topological polar surface area (TPSA) is 82.1 Å². The van der Waals surface area contributed by atoms with Gasteiger partial charge in [0, 0.05) is 10.6 Å². The van der Waals surface area contributed by atoms with Gasteiger partial charge in [-0.3, -0.25) is 4.79 Å². The summed E-state index contributed by atoms with van der Waals surface area (Å²) in [4.78, 5) is 39.1. The number of benzene rings is 2. The van der Waals surface area contributed by atoms with Gasteiger partial charge >= 0.3 is 11.9 Å². The van der Waals surface area contributed by atoms with Crippen molar-refractivity contribution >= 4 is 35.0 Å². The number of nitrogens with zero attached hydrogens (tertiary/aromatic N) is 1. The van der Waals surface area contributed by atoms with Crippen molar-refractivity contribution in [2.75, 3.05) is 32.5 Å². The van der Waals surface area contributed by atoms with E-state index in [-0.39, 0.29) is 46.4 Å². The Balaban J connectivity index is 2.20. The van der Waals surface area contributed by atoms with Crippen LogP contribution < -0.4 is 4.90 Å². The predicted molar refractivity (Wildman–Crippen MR) is 106 cm³/mol. The second-order valence-electron chi connectivity index (χ2n) is 6.19. The summed E-state index contributed by atoms with van der Waals surface area (Å²) in [6, 6.07) is 9.82. The summed E-state index contributed by atoms with van der Waals surface area (Å²) in [5, 5.41) is 0.230. The first kappa shape index (κ1) is 21.5. The minimum Gasteiger partial charge on any atom is -0.466 e. The molecule has 1 aliphatic heterocycles. The molecule has 3 rings (SSSR count). The predicted octanol–water partition coefficient (Wildman–Crippen LogP) is 3.10. The van der Waals surface area contributed by atoms with Gasteiger partial charge in [-0.25, -0.2) is 14.0 Å². The molecule has 0 N–H and O–H groups in total. The molecule has 0 bridgehead atoms. The summed E-state index contributed by atoms with van der Waals surface area (Å²) < 4.78 is 29.2. The lowest BCUT2D eigenvalue weighted by Crippen LogP contribution is -2.39. The molecular weight excluding hydrogens is 417 g/mol. The molecule has 0 unspecified atom stereocenters. The average Bonchev–Trinajstić information content (AvgIpc) is 2.77. The van der Waals surface area contributed by atoms with Gasteiger partial charge in [0.05, 0.1) is 37.7 Å². The number of anilines is 1. The van der Waals surface area contributed by atoms with Gasteiger partial charge in [-0.2, -0.15) is 0 Å². The van der Waals surface area contributed by atoms with Crippen LogP contribution in [0.3, 0.4) is 0 Å². The van der Waals surface area contributed by atoms with Crippen LogP contribution in [0, 0.1) is 5.82 Å². The van der Waals surface area contributed by atoms with Gasteiger partial charge in [-0.1, -0.05) is 23.7 Å². The standard InChI is InChI=1S/C21H17ClFNO6/c1-28-20(26)15-10-30-11-24(18(15)21(27)29-2)17-8-7-12(22)9-14(17)19(25)13-5-3-4-6-16(13)23/h3-9H,10-11H2,1-2H3. The number of carbonyl (C=O) groups is 3. The van der Waals surface area contributed by atoms with E-state index in [0.717, 1.165) is 13.2 Å². The van der Waals surface area contributed by atoms with E-state index in [1.807, 2.05) is 0 Å². The highest BCUT2D eigenvalue weighted by atomic mass is 35.5. The third-order valence-corrected chi connectivity index (χ3v) is 4.68. The summed E-state index contributed by atoms with van der Waals surface area (Å²) in [5.41, 5.74) is -0.177. The van der Waals surface area contributed by atoms with E-state index >= 15 is 0 Å². The number of ketones is 1. The number of esters is 2. The summed E-state index contributed by atoms with van der Waals surface area (Å²) in [7, 11) is 2.32. The minimum absolute atomic E-state index is 0.0173. The van der Waals surface area contributed by atoms with E-state index in [4.69, 9.17) is 25.8 Å². The fourth-order valence-electron chi connectivity index (χ4n) is 3.05. The minimum atomic E-state index is -0.821. The van der Waals surface area contributed by atoms with Gasteiger partial charge in [-0.05, 0) is 30.3 Å². The second kappa shape index (κ2) is 9.06. The molecule has 9 heteroatoms. The molecule has 1 heterocycles. The molecule has 0 atom stereocenters. The van der Waals surface area contributed by atoms with E-state index in [0.29, 0.717) is 0 Å². The van der Waals surface area contributed by atoms with Crippen molar-refractivity contribution in [1.82, 2.24) is 0 Å². The summed E-state index contributed by atoms with van der Waals surface area (Å²) in [5.74, 6) is -2.96. The molecule has 0 aliphatic carbocycles. The van der Waals surface area contributed by atoms with Crippen LogP contribution >= 0.6 is 11.6 Å². The molecule has 0 aromatic heterocycles. The molecule has 0 saturated heterocycles. The Morgan fingerprint density at radius 3 is 2.40 bits per heavy atom. The fourth-order valence-corrected chi connectivity index (χ4v) is 3.22. The van der Waals surface area contributed by atoms with Crippen molar-refractivity contribution in [3.63, 3.8) is 0 Å². The number of hydrogen-bond donors (Lipinski definition) is 0. The molecule has 1 aliphatic rings. The number of hydrogen-bond acceptors (Lipinski definition) is 7. The summed E-state index contributed by atoms with van der Waals surface area (Å²) >= 11 is 6.08. The quantitative estimate of drug-likeness (QED) is 0.529. The zero-order chi connectivity index (χ0) is 21.8. The molecular formula is C21H17ClFNO6. The van der Waals surface area contributed by atoms with Crippen molar-refractivity contribution in [3.05, 3.63) is 75.7 Å². The Morgan fingerprint density at radius 2 is 1.73 bits per heavy atom. The first-order chi connectivity index (χ1) is 14.4. The van der Waals surface area contributed by atoms with Crippen molar-refractivity contribution in [3.8, 4) is 0 Å². The highest BCUT2D eigenvalue weighted by molar-refractivity contribution is 6.31. The highest BCUT2D eigenvalue weighted by Crippen LogP contribution is 2.33. The van der Waals surface area contributed by atoms with Crippen LogP contribution in [0.25, 0.3) is 0 Å². The van der Waals surface area contributed by atoms with E-state index < -0.39 is 23.5 Å². The van der Waals surface area contributed by atoms with Crippen LogP contribution in [0.2, 0.25) is 5.02 Å². The van der Waals surface area contributed by atoms with Gasteiger partial charge in [0.1, 0.15) is 18.2 Å². The lowest BCUT2D eigenvalue weighted by Gasteiger charge is -2.32. The maximum atomic E-state index is 14.2. The van der Waals surface area contributed by atoms with Crippen molar-refractivity contribution in [2.45, 2.75) is 0 Å². The van der Waals surface area contributed by atoms with Gasteiger partial charge in [0.15, 0.2) is 5.78 Å². The van der Waals surface area contributed by atoms with E-state index in [2.05, 4.69) is 0 Å². The van der Waals surface area contributed by atoms with Gasteiger partial charge in [0.25, 0.3) is 0 Å². The zero-order valence-electron chi connectivity index (χ0n) is 16.1. The molecule has 0 saturated carbocycles. The normalized spacial score (nSPS) is 13.8. The molecule has 0 radical (unpaired) electrons. The zero-order valence-corrected chi connectivity index (χ0v) is 16.9. The van der Waals surface area contributed by atoms with Crippen LogP contribution in [0.4, 0.5) is 10.1 Å². The maximum absolute atomic E-state index is 14.2. The Kier molecular flexibility index (Phi) is 6.49. The largest absolute Gasteiger partial charge is 0.466 e. The van der Waals surface area contributed by atoms with Crippen LogP contribution in [0.5, 0.6) is 0 Å². The van der Waals surface area contributed by atoms with Gasteiger partial charge in [0.2, 0.25) is 0 Å². The Labute approximate surface area is 176 Å². The number of carbonyl (C=O) groups excluding carboxylic acids is 3. The smallest absolute Gasteiger partial charge is 0.355 e. The molecule has 0 fully saturated rings. The molecule has 2 aromatic carbocycles. The summed E-state index contributed by atoms with van der Waals surface area (Å²) in [6.45, 7) is -0.345. The molecule has 30 heavy (non-hydrogen) atoms. The van der Waals surface area contributed by atoms with Crippen LogP contribution in [-0.4, -0.2) is 45.3 Å². The number of rotatable bonds is 5. The Bertz CT molecular complexity index is 1050. The van der Waals surface area contributed by atoms with Gasteiger partial charge in [-0.15, -0.1) is 0 Å². The Morgan fingerprint density at radius 1 is 1.03 bits per heavy atom. The van der Waals surface area contributed by atoms with Crippen molar-refractivity contribution in [1.29, 1.82) is 0 Å². The number of halogens is 2. The van der Waals surface area contributed by atoms with Crippen molar-refractivity contribution < 1.29 is 33.0 Å².